The lowest BCUT2D eigenvalue weighted by atomic mass is 10.4. The van der Waals surface area contributed by atoms with Crippen LogP contribution in [-0.2, 0) is 24.4 Å². The molecule has 18 heavy (non-hydrogen) atoms. The Morgan fingerprint density at radius 2 is 2.44 bits per heavy atom. The van der Waals surface area contributed by atoms with Gasteiger partial charge in [-0.25, -0.2) is 4.68 Å². The van der Waals surface area contributed by atoms with E-state index < -0.39 is 0 Å². The molecule has 0 aromatic carbocycles. The number of likely N-dealkylation sites (N-methyl/N-ethyl adjacent to an activating group) is 1. The van der Waals surface area contributed by atoms with E-state index in [0.717, 1.165) is 5.76 Å². The number of nitrogens with zero attached hydrogens (tertiary/aromatic N) is 4. The normalized spacial score (nSPS) is 10.6. The topological polar surface area (TPSA) is 90.2 Å². The summed E-state index contributed by atoms with van der Waals surface area (Å²) in [7, 11) is 1.71. The van der Waals surface area contributed by atoms with Crippen LogP contribution in [0.25, 0.3) is 0 Å². The minimum Gasteiger partial charge on any atom is -0.467 e. The van der Waals surface area contributed by atoms with E-state index in [9.17, 15) is 4.79 Å². The summed E-state index contributed by atoms with van der Waals surface area (Å²) in [6.07, 6.45) is 3.25. The van der Waals surface area contributed by atoms with Crippen LogP contribution in [-0.4, -0.2) is 32.8 Å². The van der Waals surface area contributed by atoms with Crippen molar-refractivity contribution in [2.75, 3.05) is 7.05 Å². The second-order valence-corrected chi connectivity index (χ2v) is 3.94. The van der Waals surface area contributed by atoms with Gasteiger partial charge in [0.15, 0.2) is 0 Å². The molecule has 7 heteroatoms. The summed E-state index contributed by atoms with van der Waals surface area (Å²) in [6.45, 7) is 0.894. The molecule has 0 aliphatic rings. The van der Waals surface area contributed by atoms with Crippen LogP contribution >= 0.6 is 0 Å². The molecule has 0 atom stereocenters. The van der Waals surface area contributed by atoms with Crippen molar-refractivity contribution in [2.24, 2.45) is 5.73 Å². The van der Waals surface area contributed by atoms with Crippen molar-refractivity contribution in [1.82, 2.24) is 19.9 Å². The highest BCUT2D eigenvalue weighted by Gasteiger charge is 2.12. The maximum Gasteiger partial charge on any atom is 0.244 e. The first-order valence-corrected chi connectivity index (χ1v) is 5.54. The van der Waals surface area contributed by atoms with Crippen LogP contribution in [0.4, 0.5) is 0 Å². The molecule has 0 aliphatic carbocycles. The van der Waals surface area contributed by atoms with Crippen molar-refractivity contribution in [1.29, 1.82) is 0 Å². The van der Waals surface area contributed by atoms with E-state index in [1.165, 1.54) is 4.68 Å². The molecular formula is C11H15N5O2. The first-order chi connectivity index (χ1) is 8.69. The largest absolute Gasteiger partial charge is 0.467 e. The number of rotatable bonds is 5. The molecule has 7 nitrogen and oxygen atoms in total. The van der Waals surface area contributed by atoms with Gasteiger partial charge in [0, 0.05) is 13.6 Å². The second kappa shape index (κ2) is 5.46. The van der Waals surface area contributed by atoms with E-state index in [1.54, 1.807) is 30.5 Å². The highest BCUT2D eigenvalue weighted by atomic mass is 16.3. The molecule has 96 valence electrons. The highest BCUT2D eigenvalue weighted by Crippen LogP contribution is 2.04. The van der Waals surface area contributed by atoms with Gasteiger partial charge in [0.1, 0.15) is 12.3 Å². The SMILES string of the molecule is CN(Cc1ccco1)C(=O)Cn1cc(CN)nn1. The first kappa shape index (κ1) is 12.3. The van der Waals surface area contributed by atoms with Crippen molar-refractivity contribution in [3.8, 4) is 0 Å². The Balaban J connectivity index is 1.90. The van der Waals surface area contributed by atoms with Crippen molar-refractivity contribution in [3.63, 3.8) is 0 Å². The van der Waals surface area contributed by atoms with Crippen molar-refractivity contribution >= 4 is 5.91 Å². The molecule has 0 bridgehead atoms. The molecular weight excluding hydrogens is 234 g/mol. The molecule has 0 unspecified atom stereocenters. The Kier molecular flexibility index (Phi) is 3.73. The number of hydrogen-bond donors (Lipinski definition) is 1. The number of carbonyl (C=O) groups is 1. The summed E-state index contributed by atoms with van der Waals surface area (Å²) in [5, 5.41) is 7.64. The molecule has 2 rings (SSSR count). The zero-order valence-electron chi connectivity index (χ0n) is 10.1. The van der Waals surface area contributed by atoms with E-state index >= 15 is 0 Å². The molecule has 1 amide bonds. The molecule has 2 heterocycles. The Bertz CT molecular complexity index is 505. The average Bonchev–Trinajstić information content (AvgIpc) is 3.00. The summed E-state index contributed by atoms with van der Waals surface area (Å²) in [4.78, 5) is 13.5. The third-order valence-corrected chi connectivity index (χ3v) is 2.49. The number of amides is 1. The standard InChI is InChI=1S/C11H15N5O2/c1-15(7-10-3-2-4-18-10)11(17)8-16-6-9(5-12)13-14-16/h2-4,6H,5,7-8,12H2,1H3. The predicted octanol–water partition coefficient (Wildman–Crippen LogP) is -0.0116. The lowest BCUT2D eigenvalue weighted by Crippen LogP contribution is -2.29. The fraction of sp³-hybridized carbons (Fsp3) is 0.364. The van der Waals surface area contributed by atoms with E-state index in [0.29, 0.717) is 18.8 Å². The van der Waals surface area contributed by atoms with Crippen LogP contribution in [0.1, 0.15) is 11.5 Å². The Morgan fingerprint density at radius 3 is 3.06 bits per heavy atom. The minimum absolute atomic E-state index is 0.0696. The molecule has 0 fully saturated rings. The number of nitrogens with two attached hydrogens (primary N) is 1. The maximum atomic E-state index is 11.9. The van der Waals surface area contributed by atoms with Gasteiger partial charge in [-0.3, -0.25) is 4.79 Å². The molecule has 0 radical (unpaired) electrons. The van der Waals surface area contributed by atoms with E-state index in [2.05, 4.69) is 10.3 Å². The van der Waals surface area contributed by atoms with Crippen LogP contribution in [0, 0.1) is 0 Å². The van der Waals surface area contributed by atoms with Crippen LogP contribution < -0.4 is 5.73 Å². The molecule has 2 aromatic rings. The van der Waals surface area contributed by atoms with Crippen LogP contribution in [0.3, 0.4) is 0 Å². The van der Waals surface area contributed by atoms with E-state index in [-0.39, 0.29) is 12.5 Å². The van der Waals surface area contributed by atoms with Crippen LogP contribution in [0.2, 0.25) is 0 Å². The third kappa shape index (κ3) is 2.95. The average molecular weight is 249 g/mol. The number of carbonyl (C=O) groups excluding carboxylic acids is 1. The summed E-state index contributed by atoms with van der Waals surface area (Å²) < 4.78 is 6.66. The van der Waals surface area contributed by atoms with Crippen molar-refractivity contribution in [2.45, 2.75) is 19.6 Å². The smallest absolute Gasteiger partial charge is 0.244 e. The first-order valence-electron chi connectivity index (χ1n) is 5.54. The highest BCUT2D eigenvalue weighted by molar-refractivity contribution is 5.75. The van der Waals surface area contributed by atoms with Crippen molar-refractivity contribution in [3.05, 3.63) is 36.0 Å². The number of aromatic nitrogens is 3. The molecule has 0 saturated carbocycles. The molecule has 0 spiro atoms. The van der Waals surface area contributed by atoms with E-state index in [1.807, 2.05) is 6.07 Å². The van der Waals surface area contributed by atoms with Gasteiger partial charge in [-0.2, -0.15) is 0 Å². The van der Waals surface area contributed by atoms with Gasteiger partial charge < -0.3 is 15.1 Å². The van der Waals surface area contributed by atoms with E-state index in [4.69, 9.17) is 10.2 Å². The van der Waals surface area contributed by atoms with Crippen LogP contribution in [0.5, 0.6) is 0 Å². The minimum atomic E-state index is -0.0696. The Hall–Kier alpha value is -2.15. The third-order valence-electron chi connectivity index (χ3n) is 2.49. The summed E-state index contributed by atoms with van der Waals surface area (Å²) in [5.74, 6) is 0.673. The van der Waals surface area contributed by atoms with Gasteiger partial charge in [0.2, 0.25) is 5.91 Å². The summed E-state index contributed by atoms with van der Waals surface area (Å²) >= 11 is 0. The van der Waals surface area contributed by atoms with Crippen molar-refractivity contribution < 1.29 is 9.21 Å². The number of furan rings is 1. The lowest BCUT2D eigenvalue weighted by Gasteiger charge is -2.15. The van der Waals surface area contributed by atoms with Gasteiger partial charge in [0.25, 0.3) is 0 Å². The van der Waals surface area contributed by atoms with Gasteiger partial charge >= 0.3 is 0 Å². The fourth-order valence-corrected chi connectivity index (χ4v) is 1.49. The van der Waals surface area contributed by atoms with Gasteiger partial charge in [-0.15, -0.1) is 5.10 Å². The fourth-order valence-electron chi connectivity index (χ4n) is 1.49. The lowest BCUT2D eigenvalue weighted by molar-refractivity contribution is -0.131. The Morgan fingerprint density at radius 1 is 1.61 bits per heavy atom. The monoisotopic (exact) mass is 249 g/mol. The zero-order chi connectivity index (χ0) is 13.0. The predicted molar refractivity (Wildman–Crippen MR) is 63.1 cm³/mol. The summed E-state index contributed by atoms with van der Waals surface area (Å²) in [5.41, 5.74) is 6.08. The van der Waals surface area contributed by atoms with Crippen LogP contribution in [0.15, 0.2) is 29.0 Å². The quantitative estimate of drug-likeness (QED) is 0.804. The summed E-state index contributed by atoms with van der Waals surface area (Å²) in [6, 6.07) is 3.62. The number of hydrogen-bond acceptors (Lipinski definition) is 5. The molecule has 0 saturated heterocycles. The second-order valence-electron chi connectivity index (χ2n) is 3.94. The molecule has 0 aliphatic heterocycles. The zero-order valence-corrected chi connectivity index (χ0v) is 10.1. The van der Waals surface area contributed by atoms with Gasteiger partial charge in [0.05, 0.1) is 24.7 Å². The van der Waals surface area contributed by atoms with Gasteiger partial charge in [-0.05, 0) is 12.1 Å². The molecule has 2 aromatic heterocycles. The Labute approximate surface area is 104 Å². The maximum absolute atomic E-state index is 11.9. The van der Waals surface area contributed by atoms with Gasteiger partial charge in [-0.1, -0.05) is 5.21 Å². The molecule has 2 N–H and O–H groups in total.